The van der Waals surface area contributed by atoms with Gasteiger partial charge in [0.1, 0.15) is 5.75 Å². The normalized spacial score (nSPS) is 16.8. The smallest absolute Gasteiger partial charge is 0.254 e. The van der Waals surface area contributed by atoms with Gasteiger partial charge in [0, 0.05) is 24.7 Å². The van der Waals surface area contributed by atoms with Crippen LogP contribution in [0.25, 0.3) is 21.9 Å². The minimum absolute atomic E-state index is 0.0483. The lowest BCUT2D eigenvalue weighted by Crippen LogP contribution is -2.32. The van der Waals surface area contributed by atoms with Crippen LogP contribution in [0, 0.1) is 0 Å². The average Bonchev–Trinajstić information content (AvgIpc) is 3.13. The molecule has 3 N–H and O–H groups in total. The number of rotatable bonds is 3. The van der Waals surface area contributed by atoms with Crippen molar-refractivity contribution in [1.82, 2.24) is 4.90 Å². The van der Waals surface area contributed by atoms with E-state index in [2.05, 4.69) is 13.0 Å². The molecule has 1 heterocycles. The molecule has 0 saturated carbocycles. The Morgan fingerprint density at radius 3 is 2.56 bits per heavy atom. The summed E-state index contributed by atoms with van der Waals surface area (Å²) in [7, 11) is 0. The first-order valence-corrected chi connectivity index (χ1v) is 9.47. The molecule has 1 fully saturated rings. The maximum Gasteiger partial charge on any atom is 0.254 e. The molecule has 3 aromatic rings. The summed E-state index contributed by atoms with van der Waals surface area (Å²) in [4.78, 5) is 14.9. The van der Waals surface area contributed by atoms with Gasteiger partial charge in [-0.05, 0) is 58.5 Å². The Hall–Kier alpha value is -2.85. The first-order chi connectivity index (χ1) is 13.1. The van der Waals surface area contributed by atoms with Crippen LogP contribution in [0.1, 0.15) is 29.3 Å². The molecular weight excluding hydrogens is 336 g/mol. The number of phenolic OH excluding ortho intramolecular Hbond substituents is 1. The lowest BCUT2D eigenvalue weighted by Gasteiger charge is -2.19. The van der Waals surface area contributed by atoms with Crippen molar-refractivity contribution in [1.29, 1.82) is 0 Å². The van der Waals surface area contributed by atoms with Crippen LogP contribution in [0.3, 0.4) is 0 Å². The number of nitrogens with zero attached hydrogens (tertiary/aromatic N) is 1. The second kappa shape index (κ2) is 7.05. The van der Waals surface area contributed by atoms with Gasteiger partial charge in [-0.15, -0.1) is 0 Å². The summed E-state index contributed by atoms with van der Waals surface area (Å²) in [6.07, 6.45) is 1.68. The van der Waals surface area contributed by atoms with Crippen LogP contribution >= 0.6 is 0 Å². The molecule has 0 aliphatic carbocycles. The minimum atomic E-state index is 0.0483. The molecular formula is C23H24N2O2. The minimum Gasteiger partial charge on any atom is -0.508 e. The maximum absolute atomic E-state index is 13.1. The molecule has 1 amide bonds. The van der Waals surface area contributed by atoms with E-state index in [1.54, 1.807) is 6.07 Å². The number of amides is 1. The van der Waals surface area contributed by atoms with Gasteiger partial charge in [0.2, 0.25) is 0 Å². The first-order valence-electron chi connectivity index (χ1n) is 9.47. The lowest BCUT2D eigenvalue weighted by molar-refractivity contribution is 0.0793. The van der Waals surface area contributed by atoms with Crippen LogP contribution in [0.5, 0.6) is 5.75 Å². The zero-order valence-electron chi connectivity index (χ0n) is 15.5. The molecule has 0 unspecified atom stereocenters. The van der Waals surface area contributed by atoms with E-state index in [0.717, 1.165) is 45.9 Å². The number of nitrogens with two attached hydrogens (primary N) is 1. The summed E-state index contributed by atoms with van der Waals surface area (Å²) in [6.45, 7) is 3.41. The van der Waals surface area contributed by atoms with Crippen molar-refractivity contribution < 1.29 is 9.90 Å². The van der Waals surface area contributed by atoms with Gasteiger partial charge in [0.05, 0.1) is 0 Å². The number of hydrogen-bond donors (Lipinski definition) is 2. The van der Waals surface area contributed by atoms with Crippen molar-refractivity contribution in [2.24, 2.45) is 5.73 Å². The molecule has 4 rings (SSSR count). The highest BCUT2D eigenvalue weighted by molar-refractivity contribution is 6.11. The third kappa shape index (κ3) is 3.17. The van der Waals surface area contributed by atoms with Crippen LogP contribution < -0.4 is 5.73 Å². The SMILES string of the molecule is CCc1cc(O)ccc1-c1ccc(C(=O)N2CC[C@H](N)C2)c2ccccc12. The molecule has 4 heteroatoms. The van der Waals surface area contributed by atoms with Crippen molar-refractivity contribution >= 4 is 16.7 Å². The Kier molecular flexibility index (Phi) is 4.58. The van der Waals surface area contributed by atoms with E-state index >= 15 is 0 Å². The van der Waals surface area contributed by atoms with E-state index in [9.17, 15) is 9.90 Å². The Morgan fingerprint density at radius 1 is 1.11 bits per heavy atom. The van der Waals surface area contributed by atoms with Crippen molar-refractivity contribution in [3.05, 3.63) is 65.7 Å². The van der Waals surface area contributed by atoms with Crippen molar-refractivity contribution in [2.75, 3.05) is 13.1 Å². The summed E-state index contributed by atoms with van der Waals surface area (Å²) in [5.41, 5.74) is 9.97. The number of aromatic hydroxyl groups is 1. The zero-order valence-corrected chi connectivity index (χ0v) is 15.5. The standard InChI is InChI=1S/C23H24N2O2/c1-2-15-13-17(26)7-8-18(15)21-9-10-22(20-6-4-3-5-19(20)21)23(27)25-12-11-16(24)14-25/h3-10,13,16,26H,2,11-12,14,24H2,1H3/t16-/m0/s1. The predicted molar refractivity (Wildman–Crippen MR) is 109 cm³/mol. The molecule has 0 radical (unpaired) electrons. The third-order valence-electron chi connectivity index (χ3n) is 5.43. The second-order valence-corrected chi connectivity index (χ2v) is 7.20. The van der Waals surface area contributed by atoms with Crippen molar-refractivity contribution in [3.8, 4) is 16.9 Å². The van der Waals surface area contributed by atoms with E-state index < -0.39 is 0 Å². The van der Waals surface area contributed by atoms with E-state index in [4.69, 9.17) is 5.73 Å². The number of carbonyl (C=O) groups excluding carboxylic acids is 1. The highest BCUT2D eigenvalue weighted by atomic mass is 16.3. The monoisotopic (exact) mass is 360 g/mol. The third-order valence-corrected chi connectivity index (χ3v) is 5.43. The number of benzene rings is 3. The largest absolute Gasteiger partial charge is 0.508 e. The average molecular weight is 360 g/mol. The molecule has 4 nitrogen and oxygen atoms in total. The Balaban J connectivity index is 1.85. The second-order valence-electron chi connectivity index (χ2n) is 7.20. The predicted octanol–water partition coefficient (Wildman–Crippen LogP) is 3.95. The van der Waals surface area contributed by atoms with Crippen LogP contribution in [-0.2, 0) is 6.42 Å². The zero-order chi connectivity index (χ0) is 19.0. The summed E-state index contributed by atoms with van der Waals surface area (Å²) >= 11 is 0. The maximum atomic E-state index is 13.1. The lowest BCUT2D eigenvalue weighted by atomic mass is 9.91. The van der Waals surface area contributed by atoms with Crippen LogP contribution in [0.15, 0.2) is 54.6 Å². The molecule has 27 heavy (non-hydrogen) atoms. The van der Waals surface area contributed by atoms with Gasteiger partial charge in [-0.2, -0.15) is 0 Å². The van der Waals surface area contributed by atoms with Gasteiger partial charge in [-0.3, -0.25) is 4.79 Å². The fourth-order valence-corrected chi connectivity index (χ4v) is 4.00. The number of fused-ring (bicyclic) bond motifs is 1. The summed E-state index contributed by atoms with van der Waals surface area (Å²) in [5.74, 6) is 0.323. The highest BCUT2D eigenvalue weighted by Gasteiger charge is 2.26. The van der Waals surface area contributed by atoms with Crippen molar-refractivity contribution in [3.63, 3.8) is 0 Å². The molecule has 3 aromatic carbocycles. The van der Waals surface area contributed by atoms with E-state index in [1.807, 2.05) is 47.4 Å². The summed E-state index contributed by atoms with van der Waals surface area (Å²) in [6, 6.07) is 17.5. The Bertz CT molecular complexity index is 1010. The molecule has 0 aromatic heterocycles. The number of hydrogen-bond acceptors (Lipinski definition) is 3. The number of aryl methyl sites for hydroxylation is 1. The molecule has 0 spiro atoms. The van der Waals surface area contributed by atoms with E-state index in [-0.39, 0.29) is 17.7 Å². The topological polar surface area (TPSA) is 66.6 Å². The number of likely N-dealkylation sites (tertiary alicyclic amines) is 1. The number of carbonyl (C=O) groups is 1. The fraction of sp³-hybridized carbons (Fsp3) is 0.261. The molecule has 1 aliphatic heterocycles. The first kappa shape index (κ1) is 17.6. The Morgan fingerprint density at radius 2 is 1.85 bits per heavy atom. The highest BCUT2D eigenvalue weighted by Crippen LogP contribution is 2.35. The molecule has 1 saturated heterocycles. The van der Waals surface area contributed by atoms with Crippen LogP contribution in [0.2, 0.25) is 0 Å². The van der Waals surface area contributed by atoms with Gasteiger partial charge >= 0.3 is 0 Å². The molecule has 0 bridgehead atoms. The molecule has 1 aliphatic rings. The van der Waals surface area contributed by atoms with Gasteiger partial charge < -0.3 is 15.7 Å². The van der Waals surface area contributed by atoms with Crippen molar-refractivity contribution in [2.45, 2.75) is 25.8 Å². The molecule has 138 valence electrons. The summed E-state index contributed by atoms with van der Waals surface area (Å²) < 4.78 is 0. The van der Waals surface area contributed by atoms with Crippen LogP contribution in [0.4, 0.5) is 0 Å². The van der Waals surface area contributed by atoms with Gasteiger partial charge in [0.15, 0.2) is 0 Å². The quantitative estimate of drug-likeness (QED) is 0.743. The van der Waals surface area contributed by atoms with Gasteiger partial charge in [0.25, 0.3) is 5.91 Å². The molecule has 1 atom stereocenters. The van der Waals surface area contributed by atoms with Gasteiger partial charge in [-0.25, -0.2) is 0 Å². The van der Waals surface area contributed by atoms with Crippen LogP contribution in [-0.4, -0.2) is 35.0 Å². The van der Waals surface area contributed by atoms with E-state index in [0.29, 0.717) is 13.1 Å². The fourth-order valence-electron chi connectivity index (χ4n) is 4.00. The van der Waals surface area contributed by atoms with E-state index in [1.165, 1.54) is 0 Å². The summed E-state index contributed by atoms with van der Waals surface area (Å²) in [5, 5.41) is 11.8. The number of phenols is 1. The van der Waals surface area contributed by atoms with Gasteiger partial charge in [-0.1, -0.05) is 43.3 Å². The Labute approximate surface area is 159 Å².